The maximum atomic E-state index is 13.7. The fourth-order valence-electron chi connectivity index (χ4n) is 6.53. The Balaban J connectivity index is 1.63. The summed E-state index contributed by atoms with van der Waals surface area (Å²) in [5, 5.41) is 2.19. The summed E-state index contributed by atoms with van der Waals surface area (Å²) in [5.74, 6) is -1.12. The molecule has 2 fully saturated rings. The van der Waals surface area contributed by atoms with Crippen LogP contribution in [0.1, 0.15) is 67.2 Å². The van der Waals surface area contributed by atoms with Gasteiger partial charge in [-0.3, -0.25) is 4.79 Å². The van der Waals surface area contributed by atoms with E-state index in [0.29, 0.717) is 18.8 Å². The molecule has 0 bridgehead atoms. The van der Waals surface area contributed by atoms with Crippen molar-refractivity contribution < 1.29 is 23.4 Å². The number of benzene rings is 2. The molecule has 2 heterocycles. The largest absolute Gasteiger partial charge is 0.403 e. The predicted octanol–water partition coefficient (Wildman–Crippen LogP) is 6.12. The van der Waals surface area contributed by atoms with Crippen molar-refractivity contribution in [2.75, 3.05) is 19.8 Å². The molecule has 2 aromatic carbocycles. The number of carbonyl (C=O) groups is 1. The van der Waals surface area contributed by atoms with Crippen molar-refractivity contribution in [2.45, 2.75) is 90.3 Å². The van der Waals surface area contributed by atoms with Crippen LogP contribution in [0.2, 0.25) is 5.04 Å². The number of fused-ring (bicyclic) bond motifs is 2. The number of epoxide rings is 1. The molecule has 0 aromatic heterocycles. The number of ether oxygens (including phenoxy) is 3. The van der Waals surface area contributed by atoms with Gasteiger partial charge in [-0.05, 0) is 34.7 Å². The first-order valence-electron chi connectivity index (χ1n) is 15.3. The number of rotatable bonds is 10. The zero-order chi connectivity index (χ0) is 29.3. The van der Waals surface area contributed by atoms with E-state index in [4.69, 9.17) is 18.6 Å². The number of ketones is 1. The van der Waals surface area contributed by atoms with Crippen LogP contribution in [0.25, 0.3) is 0 Å². The predicted molar refractivity (Wildman–Crippen MR) is 166 cm³/mol. The van der Waals surface area contributed by atoms with Gasteiger partial charge in [0.15, 0.2) is 18.0 Å². The third-order valence-corrected chi connectivity index (χ3v) is 14.4. The second-order valence-electron chi connectivity index (χ2n) is 12.8. The molecule has 2 saturated heterocycles. The quantitative estimate of drug-likeness (QED) is 0.253. The van der Waals surface area contributed by atoms with Gasteiger partial charge in [-0.15, -0.1) is 0 Å². The fraction of sp³-hybridized carbons (Fsp3) is 0.514. The average molecular weight is 575 g/mol. The third-order valence-electron chi connectivity index (χ3n) is 9.41. The standard InChI is InChI=1S/C35H46O5Si/c1-7-10-13-22-28-29(35(32-31(40-32)30(28)36)37-24-34(8-2,9-3)25-38-35)23-39-41(33(4,5)6,26-18-14-11-15-19-26)27-20-16-12-17-21-27/h11-22,31-32H,7-10,23-25H2,1-6H3/b22-13+/t31-,32-/m0/s1. The average Bonchev–Trinajstić information content (AvgIpc) is 3.80. The molecule has 2 aromatic rings. The summed E-state index contributed by atoms with van der Waals surface area (Å²) in [6.45, 7) is 14.7. The first kappa shape index (κ1) is 30.1. The SMILES string of the molecule is CCC/C=C/C1=C(CO[Si](c2ccccc2)(c2ccccc2)C(C)(C)C)C2(OCC(CC)(CC)CO2)[C@H]2O[C@H]2C1=O. The van der Waals surface area contributed by atoms with Crippen molar-refractivity contribution in [3.63, 3.8) is 0 Å². The summed E-state index contributed by atoms with van der Waals surface area (Å²) < 4.78 is 26.9. The number of unbranched alkanes of at least 4 members (excludes halogenated alkanes) is 1. The van der Waals surface area contributed by atoms with Gasteiger partial charge in [0.2, 0.25) is 5.79 Å². The van der Waals surface area contributed by atoms with Gasteiger partial charge < -0.3 is 18.6 Å². The van der Waals surface area contributed by atoms with E-state index in [-0.39, 0.29) is 22.8 Å². The van der Waals surface area contributed by atoms with Crippen molar-refractivity contribution >= 4 is 24.5 Å². The highest BCUT2D eigenvalue weighted by molar-refractivity contribution is 6.99. The molecule has 2 atom stereocenters. The van der Waals surface area contributed by atoms with Gasteiger partial charge >= 0.3 is 0 Å². The van der Waals surface area contributed by atoms with Crippen molar-refractivity contribution in [3.05, 3.63) is 84.0 Å². The van der Waals surface area contributed by atoms with Crippen LogP contribution in [0.4, 0.5) is 0 Å². The van der Waals surface area contributed by atoms with Crippen LogP contribution in [0, 0.1) is 5.41 Å². The van der Waals surface area contributed by atoms with E-state index in [1.165, 1.54) is 10.4 Å². The maximum Gasteiger partial charge on any atom is 0.261 e. The number of Topliss-reactive ketones (excluding diaryl/α,β-unsaturated/α-hetero) is 1. The summed E-state index contributed by atoms with van der Waals surface area (Å²) >= 11 is 0. The minimum Gasteiger partial charge on any atom is -0.403 e. The molecule has 1 aliphatic carbocycles. The van der Waals surface area contributed by atoms with Crippen LogP contribution in [-0.4, -0.2) is 51.9 Å². The van der Waals surface area contributed by atoms with E-state index in [9.17, 15) is 4.79 Å². The van der Waals surface area contributed by atoms with E-state index in [1.807, 2.05) is 18.2 Å². The molecule has 6 heteroatoms. The van der Waals surface area contributed by atoms with Crippen LogP contribution in [0.3, 0.4) is 0 Å². The Labute approximate surface area is 247 Å². The van der Waals surface area contributed by atoms with Gasteiger partial charge in [0.25, 0.3) is 8.32 Å². The fourth-order valence-corrected chi connectivity index (χ4v) is 11.1. The zero-order valence-electron chi connectivity index (χ0n) is 25.6. The van der Waals surface area contributed by atoms with Crippen LogP contribution in [0.5, 0.6) is 0 Å². The molecular formula is C35H46O5Si. The van der Waals surface area contributed by atoms with Gasteiger partial charge in [-0.1, -0.05) is 121 Å². The zero-order valence-corrected chi connectivity index (χ0v) is 26.6. The molecule has 41 heavy (non-hydrogen) atoms. The number of hydrogen-bond donors (Lipinski definition) is 0. The molecule has 220 valence electrons. The summed E-state index contributed by atoms with van der Waals surface area (Å²) in [7, 11) is -2.88. The Bertz CT molecular complexity index is 1220. The highest BCUT2D eigenvalue weighted by atomic mass is 28.4. The highest BCUT2D eigenvalue weighted by Crippen LogP contribution is 2.52. The van der Waals surface area contributed by atoms with Gasteiger partial charge in [0.1, 0.15) is 0 Å². The van der Waals surface area contributed by atoms with Crippen LogP contribution < -0.4 is 10.4 Å². The number of allylic oxidation sites excluding steroid dienone is 2. The molecule has 1 spiro atoms. The Morgan fingerprint density at radius 2 is 1.49 bits per heavy atom. The lowest BCUT2D eigenvalue weighted by Crippen LogP contribution is -2.67. The van der Waals surface area contributed by atoms with E-state index in [2.05, 4.69) is 96.1 Å². The van der Waals surface area contributed by atoms with Crippen LogP contribution in [-0.2, 0) is 23.4 Å². The molecule has 5 rings (SSSR count). The van der Waals surface area contributed by atoms with E-state index < -0.39 is 26.3 Å². The highest BCUT2D eigenvalue weighted by Gasteiger charge is 2.68. The van der Waals surface area contributed by atoms with Gasteiger partial charge in [0, 0.05) is 16.6 Å². The Kier molecular flexibility index (Phi) is 8.62. The maximum absolute atomic E-state index is 13.7. The Morgan fingerprint density at radius 1 is 0.927 bits per heavy atom. The number of hydrogen-bond acceptors (Lipinski definition) is 5. The smallest absolute Gasteiger partial charge is 0.261 e. The monoisotopic (exact) mass is 574 g/mol. The molecule has 2 aliphatic heterocycles. The topological polar surface area (TPSA) is 57.3 Å². The second kappa shape index (κ2) is 11.7. The molecule has 0 N–H and O–H groups in total. The van der Waals surface area contributed by atoms with Crippen molar-refractivity contribution in [2.24, 2.45) is 5.41 Å². The van der Waals surface area contributed by atoms with E-state index >= 15 is 0 Å². The molecular weight excluding hydrogens is 528 g/mol. The molecule has 0 unspecified atom stereocenters. The normalized spacial score (nSPS) is 23.7. The Morgan fingerprint density at radius 3 is 1.98 bits per heavy atom. The minimum atomic E-state index is -2.88. The molecule has 0 amide bonds. The Hall–Kier alpha value is -2.35. The van der Waals surface area contributed by atoms with E-state index in [1.54, 1.807) is 0 Å². The molecule has 0 radical (unpaired) electrons. The molecule has 0 saturated carbocycles. The van der Waals surface area contributed by atoms with Gasteiger partial charge in [-0.25, -0.2) is 0 Å². The lowest BCUT2D eigenvalue weighted by Gasteiger charge is -2.49. The summed E-state index contributed by atoms with van der Waals surface area (Å²) in [5.41, 5.74) is 1.34. The van der Waals surface area contributed by atoms with Gasteiger partial charge in [0.05, 0.1) is 19.8 Å². The molecule has 5 nitrogen and oxygen atoms in total. The first-order valence-corrected chi connectivity index (χ1v) is 17.2. The van der Waals surface area contributed by atoms with Crippen molar-refractivity contribution in [3.8, 4) is 0 Å². The summed E-state index contributed by atoms with van der Waals surface area (Å²) in [4.78, 5) is 13.7. The first-order chi connectivity index (χ1) is 19.7. The lowest BCUT2D eigenvalue weighted by atomic mass is 9.80. The minimum absolute atomic E-state index is 0.00375. The number of carbonyl (C=O) groups excluding carboxylic acids is 1. The molecule has 3 aliphatic rings. The summed E-state index contributed by atoms with van der Waals surface area (Å²) in [6.07, 6.45) is 6.90. The third kappa shape index (κ3) is 5.23. The van der Waals surface area contributed by atoms with Crippen LogP contribution >= 0.6 is 0 Å². The van der Waals surface area contributed by atoms with Crippen LogP contribution in [0.15, 0.2) is 84.0 Å². The second-order valence-corrected chi connectivity index (χ2v) is 17.1. The lowest BCUT2D eigenvalue weighted by molar-refractivity contribution is -0.294. The van der Waals surface area contributed by atoms with Crippen molar-refractivity contribution in [1.82, 2.24) is 0 Å². The van der Waals surface area contributed by atoms with Crippen molar-refractivity contribution in [1.29, 1.82) is 0 Å². The van der Waals surface area contributed by atoms with E-state index in [0.717, 1.165) is 31.3 Å². The summed E-state index contributed by atoms with van der Waals surface area (Å²) in [6, 6.07) is 21.2. The van der Waals surface area contributed by atoms with Gasteiger partial charge in [-0.2, -0.15) is 0 Å².